The Morgan fingerprint density at radius 1 is 1.18 bits per heavy atom. The Hall–Kier alpha value is -4.08. The van der Waals surface area contributed by atoms with E-state index in [1.165, 1.54) is 48.6 Å². The van der Waals surface area contributed by atoms with Gasteiger partial charge in [-0.15, -0.1) is 0 Å². The second-order valence-electron chi connectivity index (χ2n) is 7.77. The number of pyridine rings is 1. The summed E-state index contributed by atoms with van der Waals surface area (Å²) in [6, 6.07) is 8.82. The molecule has 1 N–H and O–H groups in total. The molecule has 10 heteroatoms. The zero-order valence-corrected chi connectivity index (χ0v) is 17.9. The zero-order chi connectivity index (χ0) is 23.5. The van der Waals surface area contributed by atoms with Crippen molar-refractivity contribution in [3.63, 3.8) is 0 Å². The lowest BCUT2D eigenvalue weighted by Gasteiger charge is -2.35. The molecule has 0 spiro atoms. The predicted octanol–water partition coefficient (Wildman–Crippen LogP) is 1.92. The van der Waals surface area contributed by atoms with Crippen molar-refractivity contribution in [3.05, 3.63) is 88.1 Å². The van der Waals surface area contributed by atoms with Gasteiger partial charge in [-0.3, -0.25) is 23.9 Å². The molecule has 1 saturated heterocycles. The van der Waals surface area contributed by atoms with Crippen molar-refractivity contribution < 1.29 is 19.1 Å². The minimum atomic E-state index is -0.765. The number of carbonyl (C=O) groups excluding carboxylic acids is 2. The number of aromatic nitrogens is 3. The number of likely N-dealkylation sites (tertiary alicyclic amines) is 1. The van der Waals surface area contributed by atoms with Gasteiger partial charge in [0.2, 0.25) is 5.75 Å². The average Bonchev–Trinajstić information content (AvgIpc) is 3.31. The van der Waals surface area contributed by atoms with E-state index in [4.69, 9.17) is 0 Å². The second kappa shape index (κ2) is 9.19. The topological polar surface area (TPSA) is 109 Å². The van der Waals surface area contributed by atoms with Crippen molar-refractivity contribution in [1.82, 2.24) is 24.3 Å². The molecule has 1 atom stereocenters. The van der Waals surface area contributed by atoms with E-state index < -0.39 is 34.9 Å². The minimum Gasteiger partial charge on any atom is -0.501 e. The molecular weight excluding hydrogens is 429 g/mol. The molecule has 3 heterocycles. The largest absolute Gasteiger partial charge is 0.501 e. The number of carbonyl (C=O) groups is 2. The third-order valence-electron chi connectivity index (χ3n) is 5.61. The number of amides is 2. The van der Waals surface area contributed by atoms with Gasteiger partial charge in [-0.25, -0.2) is 9.37 Å². The van der Waals surface area contributed by atoms with Gasteiger partial charge < -0.3 is 14.9 Å². The van der Waals surface area contributed by atoms with Crippen LogP contribution < -0.4 is 5.56 Å². The van der Waals surface area contributed by atoms with E-state index in [0.717, 1.165) is 10.9 Å². The number of nitrogens with zero attached hydrogens (tertiary/aromatic N) is 5. The summed E-state index contributed by atoms with van der Waals surface area (Å²) >= 11 is 0. The molecule has 2 amide bonds. The van der Waals surface area contributed by atoms with Crippen LogP contribution in [0.4, 0.5) is 4.39 Å². The number of benzene rings is 1. The Morgan fingerprint density at radius 3 is 2.58 bits per heavy atom. The van der Waals surface area contributed by atoms with Crippen molar-refractivity contribution in [3.8, 4) is 5.75 Å². The van der Waals surface area contributed by atoms with Gasteiger partial charge in [0, 0.05) is 38.1 Å². The van der Waals surface area contributed by atoms with Gasteiger partial charge in [-0.05, 0) is 42.7 Å². The standard InChI is InChI=1S/C23H22FN5O4/c1-27-14-26-19(20(30)23(27)33)22(32)29(13-15-4-6-17(24)7-5-15)18-3-2-12-28(18)21(31)16-8-10-25-11-9-16/h4-11,14,18,30H,2-3,12-13H2,1H3. The Morgan fingerprint density at radius 2 is 1.88 bits per heavy atom. The molecule has 0 aliphatic carbocycles. The fourth-order valence-corrected chi connectivity index (χ4v) is 3.89. The highest BCUT2D eigenvalue weighted by molar-refractivity contribution is 5.97. The molecule has 0 radical (unpaired) electrons. The van der Waals surface area contributed by atoms with E-state index in [1.807, 2.05) is 0 Å². The van der Waals surface area contributed by atoms with Gasteiger partial charge in [0.25, 0.3) is 17.4 Å². The van der Waals surface area contributed by atoms with Gasteiger partial charge in [0.1, 0.15) is 12.0 Å². The summed E-state index contributed by atoms with van der Waals surface area (Å²) in [5, 5.41) is 10.3. The fraction of sp³-hybridized carbons (Fsp3) is 0.261. The highest BCUT2D eigenvalue weighted by atomic mass is 19.1. The molecule has 1 unspecified atom stereocenters. The Kier molecular flexibility index (Phi) is 6.16. The van der Waals surface area contributed by atoms with Gasteiger partial charge in [0.05, 0.1) is 6.33 Å². The molecule has 0 saturated carbocycles. The summed E-state index contributed by atoms with van der Waals surface area (Å²) in [4.78, 5) is 49.7. The Bertz CT molecular complexity index is 1230. The third kappa shape index (κ3) is 4.45. The van der Waals surface area contributed by atoms with Crippen LogP contribution in [0.1, 0.15) is 39.3 Å². The van der Waals surface area contributed by atoms with Crippen LogP contribution >= 0.6 is 0 Å². The average molecular weight is 451 g/mol. The van der Waals surface area contributed by atoms with Gasteiger partial charge >= 0.3 is 0 Å². The molecule has 3 aromatic rings. The molecule has 170 valence electrons. The van der Waals surface area contributed by atoms with E-state index in [2.05, 4.69) is 9.97 Å². The van der Waals surface area contributed by atoms with Crippen molar-refractivity contribution >= 4 is 11.8 Å². The van der Waals surface area contributed by atoms with E-state index in [0.29, 0.717) is 30.5 Å². The smallest absolute Gasteiger partial charge is 0.296 e. The number of hydrogen-bond acceptors (Lipinski definition) is 6. The fourth-order valence-electron chi connectivity index (χ4n) is 3.89. The number of rotatable bonds is 5. The SMILES string of the molecule is Cn1cnc(C(=O)N(Cc2ccc(F)cc2)C2CCCN2C(=O)c2ccncc2)c(O)c1=O. The van der Waals surface area contributed by atoms with Gasteiger partial charge in [-0.1, -0.05) is 12.1 Å². The van der Waals surface area contributed by atoms with Crippen LogP contribution in [0, 0.1) is 5.82 Å². The monoisotopic (exact) mass is 451 g/mol. The molecule has 33 heavy (non-hydrogen) atoms. The number of aromatic hydroxyl groups is 1. The number of hydrogen-bond donors (Lipinski definition) is 1. The maximum Gasteiger partial charge on any atom is 0.296 e. The first-order valence-electron chi connectivity index (χ1n) is 10.4. The molecule has 9 nitrogen and oxygen atoms in total. The first-order chi connectivity index (χ1) is 15.9. The quantitative estimate of drug-likeness (QED) is 0.635. The third-order valence-corrected chi connectivity index (χ3v) is 5.61. The van der Waals surface area contributed by atoms with Gasteiger partial charge in [-0.2, -0.15) is 0 Å². The van der Waals surface area contributed by atoms with Gasteiger partial charge in [0.15, 0.2) is 5.69 Å². The molecule has 1 fully saturated rings. The zero-order valence-electron chi connectivity index (χ0n) is 17.9. The van der Waals surface area contributed by atoms with Crippen LogP contribution in [0.5, 0.6) is 5.75 Å². The summed E-state index contributed by atoms with van der Waals surface area (Å²) in [5.41, 5.74) is -0.105. The van der Waals surface area contributed by atoms with E-state index in [-0.39, 0.29) is 12.5 Å². The summed E-state index contributed by atoms with van der Waals surface area (Å²) in [7, 11) is 1.41. The first-order valence-corrected chi connectivity index (χ1v) is 10.4. The molecule has 1 aliphatic rings. The van der Waals surface area contributed by atoms with E-state index in [1.54, 1.807) is 17.0 Å². The summed E-state index contributed by atoms with van der Waals surface area (Å²) in [6.45, 7) is 0.454. The first kappa shape index (κ1) is 22.1. The molecule has 2 aromatic heterocycles. The normalized spacial score (nSPS) is 15.5. The maximum atomic E-state index is 13.5. The lowest BCUT2D eigenvalue weighted by Crippen LogP contribution is -2.50. The summed E-state index contributed by atoms with van der Waals surface area (Å²) < 4.78 is 14.5. The van der Waals surface area contributed by atoms with Crippen LogP contribution in [-0.4, -0.2) is 54.0 Å². The van der Waals surface area contributed by atoms with Crippen LogP contribution in [0.15, 0.2) is 59.9 Å². The van der Waals surface area contributed by atoms with Crippen LogP contribution in [0.3, 0.4) is 0 Å². The minimum absolute atomic E-state index is 0.0280. The highest BCUT2D eigenvalue weighted by Gasteiger charge is 2.38. The summed E-state index contributed by atoms with van der Waals surface area (Å²) in [5.74, 6) is -2.15. The van der Waals surface area contributed by atoms with Crippen LogP contribution in [0.25, 0.3) is 0 Å². The van der Waals surface area contributed by atoms with E-state index in [9.17, 15) is 23.9 Å². The van der Waals surface area contributed by atoms with Crippen molar-refractivity contribution in [2.24, 2.45) is 7.05 Å². The highest BCUT2D eigenvalue weighted by Crippen LogP contribution is 2.27. The molecular formula is C23H22FN5O4. The van der Waals surface area contributed by atoms with Crippen molar-refractivity contribution in [1.29, 1.82) is 0 Å². The van der Waals surface area contributed by atoms with Crippen LogP contribution in [-0.2, 0) is 13.6 Å². The lowest BCUT2D eigenvalue weighted by molar-refractivity contribution is 0.0355. The summed E-state index contributed by atoms with van der Waals surface area (Å²) in [6.07, 6.45) is 4.69. The van der Waals surface area contributed by atoms with Crippen molar-refractivity contribution in [2.45, 2.75) is 25.6 Å². The Labute approximate surface area is 188 Å². The lowest BCUT2D eigenvalue weighted by atomic mass is 10.1. The molecule has 4 rings (SSSR count). The molecule has 0 bridgehead atoms. The van der Waals surface area contributed by atoms with Crippen LogP contribution in [0.2, 0.25) is 0 Å². The second-order valence-corrected chi connectivity index (χ2v) is 7.77. The van der Waals surface area contributed by atoms with E-state index >= 15 is 0 Å². The predicted molar refractivity (Wildman–Crippen MR) is 116 cm³/mol. The van der Waals surface area contributed by atoms with Crippen molar-refractivity contribution in [2.75, 3.05) is 6.54 Å². The number of aryl methyl sites for hydroxylation is 1. The Balaban J connectivity index is 1.72. The number of halogens is 1. The molecule has 1 aromatic carbocycles. The maximum absolute atomic E-state index is 13.5. The molecule has 1 aliphatic heterocycles.